The fourth-order valence-corrected chi connectivity index (χ4v) is 4.77. The molecule has 5 atom stereocenters. The summed E-state index contributed by atoms with van der Waals surface area (Å²) in [5, 5.41) is 0. The van der Waals surface area contributed by atoms with Crippen molar-refractivity contribution in [3.63, 3.8) is 0 Å². The average Bonchev–Trinajstić information content (AvgIpc) is 2.64. The van der Waals surface area contributed by atoms with Crippen molar-refractivity contribution >= 4 is 0 Å². The Balaban J connectivity index is 1.65. The third-order valence-electron chi connectivity index (χ3n) is 5.20. The first-order chi connectivity index (χ1) is 7.22. The first kappa shape index (κ1) is 10.1. The molecule has 3 saturated carbocycles. The molecule has 5 unspecified atom stereocenters. The lowest BCUT2D eigenvalue weighted by Gasteiger charge is -2.21. The predicted octanol–water partition coefficient (Wildman–Crippen LogP) is 2.16. The van der Waals surface area contributed by atoms with Gasteiger partial charge in [-0.25, -0.2) is 0 Å². The summed E-state index contributed by atoms with van der Waals surface area (Å²) >= 11 is 0. The Morgan fingerprint density at radius 2 is 1.80 bits per heavy atom. The summed E-state index contributed by atoms with van der Waals surface area (Å²) in [5.74, 6) is 11.7. The van der Waals surface area contributed by atoms with Crippen LogP contribution in [-0.2, 0) is 0 Å². The largest absolute Gasteiger partial charge is 0.271 e. The van der Waals surface area contributed by atoms with E-state index < -0.39 is 0 Å². The van der Waals surface area contributed by atoms with Gasteiger partial charge in [-0.1, -0.05) is 13.8 Å². The van der Waals surface area contributed by atoms with Crippen LogP contribution in [-0.4, -0.2) is 6.04 Å². The maximum absolute atomic E-state index is 5.73. The van der Waals surface area contributed by atoms with Gasteiger partial charge in [-0.3, -0.25) is 11.3 Å². The van der Waals surface area contributed by atoms with Crippen LogP contribution in [0.4, 0.5) is 0 Å². The number of nitrogens with one attached hydrogen (secondary N) is 1. The van der Waals surface area contributed by atoms with E-state index in [4.69, 9.17) is 5.84 Å². The maximum atomic E-state index is 5.73. The summed E-state index contributed by atoms with van der Waals surface area (Å²) in [4.78, 5) is 0. The third-order valence-corrected chi connectivity index (χ3v) is 5.20. The van der Waals surface area contributed by atoms with E-state index in [0.717, 1.165) is 35.5 Å². The van der Waals surface area contributed by atoms with Gasteiger partial charge in [0, 0.05) is 6.04 Å². The number of hydrazine groups is 1. The molecule has 3 fully saturated rings. The molecule has 3 N–H and O–H groups in total. The van der Waals surface area contributed by atoms with Gasteiger partial charge in [0.15, 0.2) is 0 Å². The molecule has 0 amide bonds. The smallest absolute Gasteiger partial charge is 0.0246 e. The molecule has 0 aromatic heterocycles. The van der Waals surface area contributed by atoms with E-state index in [1.165, 1.54) is 19.3 Å². The van der Waals surface area contributed by atoms with Crippen molar-refractivity contribution in [3.8, 4) is 0 Å². The summed E-state index contributed by atoms with van der Waals surface area (Å²) < 4.78 is 0. The minimum absolute atomic E-state index is 0.600. The molecule has 3 aliphatic rings. The second kappa shape index (κ2) is 3.46. The Kier molecular flexibility index (Phi) is 2.33. The quantitative estimate of drug-likeness (QED) is 0.549. The summed E-state index contributed by atoms with van der Waals surface area (Å²) in [6, 6.07) is 0.600. The van der Waals surface area contributed by atoms with Crippen molar-refractivity contribution in [2.24, 2.45) is 41.4 Å². The highest BCUT2D eigenvalue weighted by atomic mass is 15.2. The van der Waals surface area contributed by atoms with Crippen LogP contribution < -0.4 is 11.3 Å². The van der Waals surface area contributed by atoms with Crippen LogP contribution in [0.1, 0.15) is 39.5 Å². The van der Waals surface area contributed by atoms with Gasteiger partial charge in [-0.05, 0) is 61.2 Å². The third kappa shape index (κ3) is 1.45. The highest BCUT2D eigenvalue weighted by Gasteiger charge is 2.66. The normalized spacial score (nSPS) is 48.4. The number of nitrogens with two attached hydrogens (primary N) is 1. The molecule has 2 nitrogen and oxygen atoms in total. The Labute approximate surface area is 93.0 Å². The second-order valence-electron chi connectivity index (χ2n) is 6.47. The summed E-state index contributed by atoms with van der Waals surface area (Å²) in [7, 11) is 0. The Hall–Kier alpha value is -0.0800. The van der Waals surface area contributed by atoms with Gasteiger partial charge in [-0.15, -0.1) is 0 Å². The zero-order valence-corrected chi connectivity index (χ0v) is 9.95. The SMILES string of the molecule is CC(C)CC(NN)C1C2C3CCC(C3)C21. The van der Waals surface area contributed by atoms with Crippen molar-refractivity contribution in [2.45, 2.75) is 45.6 Å². The second-order valence-corrected chi connectivity index (χ2v) is 6.47. The molecule has 2 bridgehead atoms. The van der Waals surface area contributed by atoms with E-state index in [1.807, 2.05) is 0 Å². The number of rotatable bonds is 4. The molecule has 0 aliphatic heterocycles. The van der Waals surface area contributed by atoms with Gasteiger partial charge in [0.25, 0.3) is 0 Å². The fraction of sp³-hybridized carbons (Fsp3) is 1.00. The van der Waals surface area contributed by atoms with E-state index in [1.54, 1.807) is 6.42 Å². The van der Waals surface area contributed by atoms with Crippen LogP contribution in [0.25, 0.3) is 0 Å². The predicted molar refractivity (Wildman–Crippen MR) is 61.9 cm³/mol. The molecule has 0 saturated heterocycles. The first-order valence-electron chi connectivity index (χ1n) is 6.68. The van der Waals surface area contributed by atoms with Gasteiger partial charge in [0.2, 0.25) is 0 Å². The standard InChI is InChI=1S/C13H24N2/c1-7(2)5-10(15-14)13-11-8-3-4-9(6-8)12(11)13/h7-13,15H,3-6,14H2,1-2H3. The molecule has 0 radical (unpaired) electrons. The Morgan fingerprint density at radius 3 is 2.27 bits per heavy atom. The molecular weight excluding hydrogens is 184 g/mol. The van der Waals surface area contributed by atoms with E-state index >= 15 is 0 Å². The van der Waals surface area contributed by atoms with Crippen molar-refractivity contribution in [1.82, 2.24) is 5.43 Å². The van der Waals surface area contributed by atoms with Crippen LogP contribution in [0.2, 0.25) is 0 Å². The minimum atomic E-state index is 0.600. The van der Waals surface area contributed by atoms with Crippen LogP contribution in [0.3, 0.4) is 0 Å². The molecule has 0 aromatic rings. The summed E-state index contributed by atoms with van der Waals surface area (Å²) in [5.41, 5.74) is 3.09. The first-order valence-corrected chi connectivity index (χ1v) is 6.68. The molecule has 0 heterocycles. The minimum Gasteiger partial charge on any atom is -0.271 e. The van der Waals surface area contributed by atoms with E-state index in [9.17, 15) is 0 Å². The van der Waals surface area contributed by atoms with Crippen molar-refractivity contribution in [3.05, 3.63) is 0 Å². The topological polar surface area (TPSA) is 38.0 Å². The van der Waals surface area contributed by atoms with E-state index in [0.29, 0.717) is 6.04 Å². The lowest BCUT2D eigenvalue weighted by Crippen LogP contribution is -2.39. The fourth-order valence-electron chi connectivity index (χ4n) is 4.77. The lowest BCUT2D eigenvalue weighted by atomic mass is 9.92. The zero-order chi connectivity index (χ0) is 10.6. The molecule has 3 aliphatic carbocycles. The van der Waals surface area contributed by atoms with Gasteiger partial charge in [0.05, 0.1) is 0 Å². The van der Waals surface area contributed by atoms with Gasteiger partial charge in [0.1, 0.15) is 0 Å². The average molecular weight is 208 g/mol. The Bertz CT molecular complexity index is 235. The molecule has 3 rings (SSSR count). The molecule has 2 heteroatoms. The molecule has 15 heavy (non-hydrogen) atoms. The van der Waals surface area contributed by atoms with Gasteiger partial charge in [-0.2, -0.15) is 0 Å². The summed E-state index contributed by atoms with van der Waals surface area (Å²) in [6.07, 6.45) is 5.83. The van der Waals surface area contributed by atoms with Gasteiger partial charge < -0.3 is 0 Å². The molecular formula is C13H24N2. The van der Waals surface area contributed by atoms with Crippen LogP contribution in [0.5, 0.6) is 0 Å². The summed E-state index contributed by atoms with van der Waals surface area (Å²) in [6.45, 7) is 4.61. The highest BCUT2D eigenvalue weighted by molar-refractivity contribution is 5.15. The number of hydrogen-bond donors (Lipinski definition) is 2. The Morgan fingerprint density at radius 1 is 1.20 bits per heavy atom. The lowest BCUT2D eigenvalue weighted by molar-refractivity contribution is 0.324. The number of hydrogen-bond acceptors (Lipinski definition) is 2. The molecule has 0 aromatic carbocycles. The number of fused-ring (bicyclic) bond motifs is 5. The van der Waals surface area contributed by atoms with Crippen LogP contribution in [0.15, 0.2) is 0 Å². The zero-order valence-electron chi connectivity index (χ0n) is 9.95. The van der Waals surface area contributed by atoms with Crippen molar-refractivity contribution in [1.29, 1.82) is 0 Å². The van der Waals surface area contributed by atoms with Crippen molar-refractivity contribution in [2.75, 3.05) is 0 Å². The van der Waals surface area contributed by atoms with Crippen LogP contribution >= 0.6 is 0 Å². The van der Waals surface area contributed by atoms with Gasteiger partial charge >= 0.3 is 0 Å². The highest BCUT2D eigenvalue weighted by Crippen LogP contribution is 2.70. The monoisotopic (exact) mass is 208 g/mol. The molecule has 0 spiro atoms. The van der Waals surface area contributed by atoms with E-state index in [2.05, 4.69) is 19.3 Å². The van der Waals surface area contributed by atoms with E-state index in [-0.39, 0.29) is 0 Å². The maximum Gasteiger partial charge on any atom is 0.0246 e. The van der Waals surface area contributed by atoms with Crippen molar-refractivity contribution < 1.29 is 0 Å². The van der Waals surface area contributed by atoms with Crippen LogP contribution in [0, 0.1) is 35.5 Å². The molecule has 86 valence electrons.